The first kappa shape index (κ1) is 23.3. The number of benzene rings is 2. The van der Waals surface area contributed by atoms with Crippen molar-refractivity contribution in [1.29, 1.82) is 0 Å². The van der Waals surface area contributed by atoms with Gasteiger partial charge in [-0.25, -0.2) is 9.97 Å². The molecule has 7 heteroatoms. The van der Waals surface area contributed by atoms with Crippen LogP contribution in [0.2, 0.25) is 0 Å². The average molecular weight is 472 g/mol. The summed E-state index contributed by atoms with van der Waals surface area (Å²) >= 11 is 0. The Hall–Kier alpha value is -3.45. The smallest absolute Gasteiger partial charge is 0.261 e. The number of para-hydroxylation sites is 1. The minimum atomic E-state index is 0.0184. The second-order valence-electron chi connectivity index (χ2n) is 9.11. The molecule has 0 bridgehead atoms. The van der Waals surface area contributed by atoms with E-state index < -0.39 is 0 Å². The number of aryl methyl sites for hydroxylation is 1. The van der Waals surface area contributed by atoms with Crippen molar-refractivity contribution in [3.8, 4) is 5.75 Å². The zero-order valence-corrected chi connectivity index (χ0v) is 20.6. The number of aromatic nitrogens is 3. The third kappa shape index (κ3) is 5.00. The van der Waals surface area contributed by atoms with Gasteiger partial charge < -0.3 is 9.64 Å². The van der Waals surface area contributed by atoms with Gasteiger partial charge in [-0.15, -0.1) is 0 Å². The molecule has 182 valence electrons. The van der Waals surface area contributed by atoms with Gasteiger partial charge in [0.25, 0.3) is 5.56 Å². The number of nitrogens with zero attached hydrogens (tertiary/aromatic N) is 5. The molecule has 5 rings (SSSR count). The normalized spacial score (nSPS) is 14.6. The standard InChI is InChI=1S/C28H33N5O2/c1-3-33-27(30-25-13-12-22(35-2)20-23(25)28(33)34)10-6-7-15-31-16-18-32(19-17-31)26-14-11-21-8-4-5-9-24(21)29-26/h4-5,8-9,11-14,20H,3,6-7,10,15-19H2,1-2H3. The Morgan fingerprint density at radius 1 is 0.914 bits per heavy atom. The van der Waals surface area contributed by atoms with Gasteiger partial charge in [-0.2, -0.15) is 0 Å². The van der Waals surface area contributed by atoms with E-state index in [0.717, 1.165) is 74.7 Å². The molecule has 3 heterocycles. The molecule has 0 spiro atoms. The maximum Gasteiger partial charge on any atom is 0.261 e. The van der Waals surface area contributed by atoms with Crippen molar-refractivity contribution in [2.75, 3.05) is 44.7 Å². The first-order valence-electron chi connectivity index (χ1n) is 12.6. The summed E-state index contributed by atoms with van der Waals surface area (Å²) in [7, 11) is 1.61. The number of ether oxygens (including phenoxy) is 1. The number of hydrogen-bond donors (Lipinski definition) is 0. The molecule has 1 aliphatic rings. The maximum atomic E-state index is 13.0. The van der Waals surface area contributed by atoms with Crippen LogP contribution in [-0.4, -0.2) is 59.3 Å². The van der Waals surface area contributed by atoms with Crippen LogP contribution in [0.3, 0.4) is 0 Å². The van der Waals surface area contributed by atoms with Gasteiger partial charge in [-0.3, -0.25) is 14.3 Å². The Bertz CT molecular complexity index is 1380. The summed E-state index contributed by atoms with van der Waals surface area (Å²) in [6, 6.07) is 18.1. The fourth-order valence-electron chi connectivity index (χ4n) is 4.94. The predicted molar refractivity (Wildman–Crippen MR) is 142 cm³/mol. The molecule has 0 amide bonds. The van der Waals surface area contributed by atoms with Crippen LogP contribution in [0.5, 0.6) is 5.75 Å². The summed E-state index contributed by atoms with van der Waals surface area (Å²) in [6.07, 6.45) is 2.92. The minimum absolute atomic E-state index is 0.0184. The number of unbranched alkanes of at least 4 members (excludes halogenated alkanes) is 1. The number of rotatable bonds is 8. The minimum Gasteiger partial charge on any atom is -0.497 e. The lowest BCUT2D eigenvalue weighted by Gasteiger charge is -2.35. The second kappa shape index (κ2) is 10.4. The lowest BCUT2D eigenvalue weighted by Crippen LogP contribution is -2.46. The highest BCUT2D eigenvalue weighted by Crippen LogP contribution is 2.20. The zero-order chi connectivity index (χ0) is 24.2. The van der Waals surface area contributed by atoms with Crippen LogP contribution in [0, 0.1) is 0 Å². The van der Waals surface area contributed by atoms with Crippen LogP contribution >= 0.6 is 0 Å². The van der Waals surface area contributed by atoms with E-state index >= 15 is 0 Å². The van der Waals surface area contributed by atoms with Gasteiger partial charge in [0.2, 0.25) is 0 Å². The van der Waals surface area contributed by atoms with Crippen molar-refractivity contribution in [2.24, 2.45) is 0 Å². The van der Waals surface area contributed by atoms with Gasteiger partial charge in [0, 0.05) is 44.5 Å². The van der Waals surface area contributed by atoms with E-state index in [-0.39, 0.29) is 5.56 Å². The van der Waals surface area contributed by atoms with E-state index in [1.807, 2.05) is 25.1 Å². The SMILES string of the molecule is CCn1c(CCCCN2CCN(c3ccc4ccccc4n3)CC2)nc2ccc(OC)cc2c1=O. The second-order valence-corrected chi connectivity index (χ2v) is 9.11. The highest BCUT2D eigenvalue weighted by molar-refractivity contribution is 5.80. The Balaban J connectivity index is 1.14. The van der Waals surface area contributed by atoms with Crippen molar-refractivity contribution in [2.45, 2.75) is 32.7 Å². The number of anilines is 1. The Kier molecular flexibility index (Phi) is 6.95. The maximum absolute atomic E-state index is 13.0. The predicted octanol–water partition coefficient (Wildman–Crippen LogP) is 4.12. The van der Waals surface area contributed by atoms with E-state index in [0.29, 0.717) is 17.7 Å². The van der Waals surface area contributed by atoms with Gasteiger partial charge >= 0.3 is 0 Å². The number of pyridine rings is 1. The van der Waals surface area contributed by atoms with Crippen molar-refractivity contribution in [3.05, 3.63) is 70.8 Å². The summed E-state index contributed by atoms with van der Waals surface area (Å²) in [5.74, 6) is 2.63. The third-order valence-electron chi connectivity index (χ3n) is 6.96. The van der Waals surface area contributed by atoms with E-state index in [2.05, 4.69) is 40.1 Å². The lowest BCUT2D eigenvalue weighted by molar-refractivity contribution is 0.252. The van der Waals surface area contributed by atoms with E-state index in [1.165, 1.54) is 5.39 Å². The zero-order valence-electron chi connectivity index (χ0n) is 20.6. The molecule has 7 nitrogen and oxygen atoms in total. The lowest BCUT2D eigenvalue weighted by atomic mass is 10.1. The van der Waals surface area contributed by atoms with Crippen molar-refractivity contribution < 1.29 is 4.74 Å². The largest absolute Gasteiger partial charge is 0.497 e. The molecule has 0 aliphatic carbocycles. The highest BCUT2D eigenvalue weighted by Gasteiger charge is 2.18. The summed E-state index contributed by atoms with van der Waals surface area (Å²) in [6.45, 7) is 7.78. The molecule has 35 heavy (non-hydrogen) atoms. The Morgan fingerprint density at radius 3 is 2.54 bits per heavy atom. The molecular formula is C28H33N5O2. The first-order valence-corrected chi connectivity index (χ1v) is 12.6. The Labute approximate surface area is 206 Å². The molecule has 0 N–H and O–H groups in total. The van der Waals surface area contributed by atoms with Gasteiger partial charge in [0.1, 0.15) is 17.4 Å². The van der Waals surface area contributed by atoms with Crippen LogP contribution < -0.4 is 15.2 Å². The first-order chi connectivity index (χ1) is 17.2. The van der Waals surface area contributed by atoms with Crippen molar-refractivity contribution in [3.63, 3.8) is 0 Å². The molecule has 0 atom stereocenters. The van der Waals surface area contributed by atoms with E-state index in [1.54, 1.807) is 17.7 Å². The van der Waals surface area contributed by atoms with E-state index in [4.69, 9.17) is 14.7 Å². The molecule has 0 saturated carbocycles. The van der Waals surface area contributed by atoms with Gasteiger partial charge in [0.15, 0.2) is 0 Å². The fourth-order valence-corrected chi connectivity index (χ4v) is 4.94. The quantitative estimate of drug-likeness (QED) is 0.360. The van der Waals surface area contributed by atoms with Gasteiger partial charge in [0.05, 0.1) is 23.5 Å². The molecule has 2 aromatic carbocycles. The fraction of sp³-hybridized carbons (Fsp3) is 0.393. The summed E-state index contributed by atoms with van der Waals surface area (Å²) in [4.78, 5) is 27.6. The molecule has 4 aromatic rings. The van der Waals surface area contributed by atoms with Crippen LogP contribution in [0.4, 0.5) is 5.82 Å². The van der Waals surface area contributed by atoms with Gasteiger partial charge in [-0.05, 0) is 62.7 Å². The van der Waals surface area contributed by atoms with Crippen molar-refractivity contribution >= 4 is 27.6 Å². The van der Waals surface area contributed by atoms with E-state index in [9.17, 15) is 4.79 Å². The third-order valence-corrected chi connectivity index (χ3v) is 6.96. The molecule has 1 fully saturated rings. The van der Waals surface area contributed by atoms with Crippen LogP contribution in [0.1, 0.15) is 25.6 Å². The van der Waals surface area contributed by atoms with Crippen LogP contribution in [0.25, 0.3) is 21.8 Å². The number of piperazine rings is 1. The molecule has 1 aliphatic heterocycles. The molecule has 2 aromatic heterocycles. The number of fused-ring (bicyclic) bond motifs is 2. The Morgan fingerprint density at radius 2 is 1.74 bits per heavy atom. The monoisotopic (exact) mass is 471 g/mol. The average Bonchev–Trinajstić information content (AvgIpc) is 2.91. The topological polar surface area (TPSA) is 63.5 Å². The van der Waals surface area contributed by atoms with Crippen molar-refractivity contribution in [1.82, 2.24) is 19.4 Å². The summed E-state index contributed by atoms with van der Waals surface area (Å²) < 4.78 is 7.08. The molecule has 1 saturated heterocycles. The highest BCUT2D eigenvalue weighted by atomic mass is 16.5. The molecular weight excluding hydrogens is 438 g/mol. The molecule has 0 radical (unpaired) electrons. The van der Waals surface area contributed by atoms with Crippen LogP contribution in [0.15, 0.2) is 59.4 Å². The number of hydrogen-bond acceptors (Lipinski definition) is 6. The van der Waals surface area contributed by atoms with Gasteiger partial charge in [-0.1, -0.05) is 18.2 Å². The molecule has 0 unspecified atom stereocenters. The summed E-state index contributed by atoms with van der Waals surface area (Å²) in [5, 5.41) is 1.80. The number of methoxy groups -OCH3 is 1. The summed E-state index contributed by atoms with van der Waals surface area (Å²) in [5.41, 5.74) is 1.82. The van der Waals surface area contributed by atoms with Crippen LogP contribution in [-0.2, 0) is 13.0 Å².